The molecule has 110 valence electrons. The maximum atomic E-state index is 12.0. The Balaban J connectivity index is 1.87. The van der Waals surface area contributed by atoms with Crippen molar-refractivity contribution in [2.45, 2.75) is 52.1 Å². The Kier molecular flexibility index (Phi) is 4.06. The topological polar surface area (TPSA) is 58.8 Å². The largest absolute Gasteiger partial charge is 0.444 e. The smallest absolute Gasteiger partial charge is 0.410 e. The molecule has 0 aromatic heterocycles. The van der Waals surface area contributed by atoms with E-state index in [0.29, 0.717) is 5.41 Å². The number of hydrazine groups is 1. The zero-order chi connectivity index (χ0) is 14.1. The lowest BCUT2D eigenvalue weighted by Crippen LogP contribution is -2.52. The van der Waals surface area contributed by atoms with Crippen LogP contribution in [0.4, 0.5) is 4.79 Å². The number of nitrogens with two attached hydrogens (primary N) is 1. The molecule has 2 N–H and O–H groups in total. The van der Waals surface area contributed by atoms with Crippen LogP contribution in [0.1, 0.15) is 46.5 Å². The summed E-state index contributed by atoms with van der Waals surface area (Å²) in [5, 5.41) is 1.94. The van der Waals surface area contributed by atoms with Crippen LogP contribution in [0, 0.1) is 5.41 Å². The van der Waals surface area contributed by atoms with E-state index in [0.717, 1.165) is 39.0 Å². The molecule has 2 fully saturated rings. The highest BCUT2D eigenvalue weighted by atomic mass is 16.6. The monoisotopic (exact) mass is 269 g/mol. The first-order valence-electron chi connectivity index (χ1n) is 7.27. The van der Waals surface area contributed by atoms with Crippen LogP contribution >= 0.6 is 0 Å². The molecule has 5 heteroatoms. The number of likely N-dealkylation sites (tertiary alicyclic amines) is 1. The summed E-state index contributed by atoms with van der Waals surface area (Å²) in [6.07, 6.45) is 4.31. The minimum absolute atomic E-state index is 0.178. The van der Waals surface area contributed by atoms with Crippen LogP contribution in [0.5, 0.6) is 0 Å². The lowest BCUT2D eigenvalue weighted by molar-refractivity contribution is -0.00628. The van der Waals surface area contributed by atoms with Crippen LogP contribution in [-0.2, 0) is 4.74 Å². The van der Waals surface area contributed by atoms with Gasteiger partial charge in [-0.2, -0.15) is 0 Å². The number of hydrogen-bond donors (Lipinski definition) is 1. The van der Waals surface area contributed by atoms with Gasteiger partial charge in [-0.25, -0.2) is 9.80 Å². The van der Waals surface area contributed by atoms with Gasteiger partial charge in [0.05, 0.1) is 0 Å². The molecule has 0 saturated carbocycles. The zero-order valence-electron chi connectivity index (χ0n) is 12.4. The Labute approximate surface area is 116 Å². The van der Waals surface area contributed by atoms with Gasteiger partial charge < -0.3 is 9.64 Å². The lowest BCUT2D eigenvalue weighted by Gasteiger charge is -2.46. The molecule has 0 aliphatic carbocycles. The second-order valence-corrected chi connectivity index (χ2v) is 7.04. The van der Waals surface area contributed by atoms with Gasteiger partial charge in [0.2, 0.25) is 0 Å². The van der Waals surface area contributed by atoms with Crippen molar-refractivity contribution >= 4 is 6.09 Å². The summed E-state index contributed by atoms with van der Waals surface area (Å²) >= 11 is 0. The average Bonchev–Trinajstić information content (AvgIpc) is 2.27. The Morgan fingerprint density at radius 1 is 1.16 bits per heavy atom. The molecule has 2 aliphatic rings. The van der Waals surface area contributed by atoms with Gasteiger partial charge in [0.25, 0.3) is 0 Å². The summed E-state index contributed by atoms with van der Waals surface area (Å²) in [6.45, 7) is 9.27. The van der Waals surface area contributed by atoms with Crippen molar-refractivity contribution in [1.82, 2.24) is 9.91 Å². The third-order valence-corrected chi connectivity index (χ3v) is 4.17. The number of carbonyl (C=O) groups excluding carboxylic acids is 1. The number of rotatable bonds is 0. The molecule has 0 aromatic rings. The molecule has 2 saturated heterocycles. The molecule has 19 heavy (non-hydrogen) atoms. The maximum absolute atomic E-state index is 12.0. The van der Waals surface area contributed by atoms with Crippen molar-refractivity contribution in [2.24, 2.45) is 11.3 Å². The Morgan fingerprint density at radius 3 is 2.32 bits per heavy atom. The summed E-state index contributed by atoms with van der Waals surface area (Å²) in [4.78, 5) is 13.9. The van der Waals surface area contributed by atoms with Crippen LogP contribution in [-0.4, -0.2) is 47.8 Å². The van der Waals surface area contributed by atoms with Gasteiger partial charge in [0.1, 0.15) is 5.60 Å². The predicted molar refractivity (Wildman–Crippen MR) is 74.5 cm³/mol. The Bertz CT molecular complexity index is 330. The van der Waals surface area contributed by atoms with E-state index in [-0.39, 0.29) is 6.09 Å². The fourth-order valence-corrected chi connectivity index (χ4v) is 3.14. The fourth-order valence-electron chi connectivity index (χ4n) is 3.14. The van der Waals surface area contributed by atoms with E-state index in [9.17, 15) is 4.79 Å². The Morgan fingerprint density at radius 2 is 1.79 bits per heavy atom. The molecular formula is C14H27N3O2. The third-order valence-electron chi connectivity index (χ3n) is 4.17. The lowest BCUT2D eigenvalue weighted by atomic mass is 9.73. The van der Waals surface area contributed by atoms with Crippen molar-refractivity contribution in [1.29, 1.82) is 0 Å². The number of carbonyl (C=O) groups is 1. The molecule has 0 aromatic carbocycles. The van der Waals surface area contributed by atoms with E-state index < -0.39 is 5.60 Å². The average molecular weight is 269 g/mol. The molecule has 2 aliphatic heterocycles. The quantitative estimate of drug-likeness (QED) is 0.683. The first-order valence-corrected chi connectivity index (χ1v) is 7.27. The van der Waals surface area contributed by atoms with Gasteiger partial charge in [-0.3, -0.25) is 5.84 Å². The van der Waals surface area contributed by atoms with E-state index in [1.165, 1.54) is 12.8 Å². The van der Waals surface area contributed by atoms with Crippen LogP contribution in [0.25, 0.3) is 0 Å². The van der Waals surface area contributed by atoms with E-state index in [1.807, 2.05) is 30.7 Å². The van der Waals surface area contributed by atoms with E-state index in [2.05, 4.69) is 0 Å². The van der Waals surface area contributed by atoms with Crippen molar-refractivity contribution in [3.63, 3.8) is 0 Å². The summed E-state index contributed by atoms with van der Waals surface area (Å²) in [5.74, 6) is 5.95. The van der Waals surface area contributed by atoms with Gasteiger partial charge in [0, 0.05) is 26.2 Å². The minimum atomic E-state index is -0.412. The highest BCUT2D eigenvalue weighted by molar-refractivity contribution is 5.68. The van der Waals surface area contributed by atoms with Gasteiger partial charge >= 0.3 is 6.09 Å². The number of amides is 1. The van der Waals surface area contributed by atoms with Gasteiger partial charge in [0.15, 0.2) is 0 Å². The van der Waals surface area contributed by atoms with Gasteiger partial charge in [-0.1, -0.05) is 0 Å². The number of nitrogens with zero attached hydrogens (tertiary/aromatic N) is 2. The molecule has 5 nitrogen and oxygen atoms in total. The van der Waals surface area contributed by atoms with Crippen LogP contribution in [0.2, 0.25) is 0 Å². The molecule has 1 spiro atoms. The van der Waals surface area contributed by atoms with Crippen molar-refractivity contribution in [2.75, 3.05) is 26.2 Å². The SMILES string of the molecule is CC(C)(C)OC(=O)N1CCC2(CCCN(N)C2)CC1. The second-order valence-electron chi connectivity index (χ2n) is 7.04. The molecule has 0 radical (unpaired) electrons. The molecule has 0 unspecified atom stereocenters. The predicted octanol–water partition coefficient (Wildman–Crippen LogP) is 1.97. The van der Waals surface area contributed by atoms with Crippen molar-refractivity contribution in [3.8, 4) is 0 Å². The van der Waals surface area contributed by atoms with E-state index >= 15 is 0 Å². The first kappa shape index (κ1) is 14.6. The van der Waals surface area contributed by atoms with Crippen LogP contribution in [0.15, 0.2) is 0 Å². The number of piperidine rings is 2. The first-order chi connectivity index (χ1) is 8.80. The normalized spacial score (nSPS) is 24.5. The molecule has 1 amide bonds. The van der Waals surface area contributed by atoms with Crippen molar-refractivity contribution in [3.05, 3.63) is 0 Å². The van der Waals surface area contributed by atoms with Crippen molar-refractivity contribution < 1.29 is 9.53 Å². The zero-order valence-corrected chi connectivity index (χ0v) is 12.4. The van der Waals surface area contributed by atoms with Crippen LogP contribution in [0.3, 0.4) is 0 Å². The summed E-state index contributed by atoms with van der Waals surface area (Å²) in [7, 11) is 0. The molecule has 2 rings (SSSR count). The third kappa shape index (κ3) is 3.83. The molecule has 2 heterocycles. The standard InChI is InChI=1S/C14H27N3O2/c1-13(2,3)19-12(18)16-9-6-14(7-10-16)5-4-8-17(15)11-14/h4-11,15H2,1-3H3. The Hall–Kier alpha value is -0.810. The molecule has 0 atom stereocenters. The fraction of sp³-hybridized carbons (Fsp3) is 0.929. The molecule has 0 bridgehead atoms. The summed E-state index contributed by atoms with van der Waals surface area (Å²) < 4.78 is 5.43. The number of ether oxygens (including phenoxy) is 1. The van der Waals surface area contributed by atoms with Gasteiger partial charge in [-0.15, -0.1) is 0 Å². The summed E-state index contributed by atoms with van der Waals surface area (Å²) in [5.41, 5.74) is -0.0867. The van der Waals surface area contributed by atoms with E-state index in [1.54, 1.807) is 0 Å². The number of hydrogen-bond acceptors (Lipinski definition) is 4. The molecular weight excluding hydrogens is 242 g/mol. The second kappa shape index (κ2) is 5.29. The summed E-state index contributed by atoms with van der Waals surface area (Å²) in [6, 6.07) is 0. The maximum Gasteiger partial charge on any atom is 0.410 e. The van der Waals surface area contributed by atoms with E-state index in [4.69, 9.17) is 10.6 Å². The van der Waals surface area contributed by atoms with Gasteiger partial charge in [-0.05, 0) is 51.9 Å². The van der Waals surface area contributed by atoms with Crippen LogP contribution < -0.4 is 5.84 Å². The minimum Gasteiger partial charge on any atom is -0.444 e. The highest BCUT2D eigenvalue weighted by Gasteiger charge is 2.39. The highest BCUT2D eigenvalue weighted by Crippen LogP contribution is 2.39.